The molecule has 0 saturated carbocycles. The van der Waals surface area contributed by atoms with E-state index in [0.717, 1.165) is 11.1 Å². The smallest absolute Gasteiger partial charge is 0.199 e. The predicted octanol–water partition coefficient (Wildman–Crippen LogP) is 2.36. The quantitative estimate of drug-likeness (QED) is 0.722. The second-order valence-electron chi connectivity index (χ2n) is 5.81. The summed E-state index contributed by atoms with van der Waals surface area (Å²) in [6.45, 7) is 4.17. The molecule has 25 heavy (non-hydrogen) atoms. The van der Waals surface area contributed by atoms with Crippen LogP contribution in [0.2, 0.25) is 0 Å². The van der Waals surface area contributed by atoms with E-state index in [-0.39, 0.29) is 4.90 Å². The van der Waals surface area contributed by atoms with Gasteiger partial charge in [0, 0.05) is 43.8 Å². The van der Waals surface area contributed by atoms with Crippen LogP contribution in [0.25, 0.3) is 10.8 Å². The monoisotopic (exact) mass is 366 g/mol. The lowest BCUT2D eigenvalue weighted by molar-refractivity contribution is -0.135. The van der Waals surface area contributed by atoms with Gasteiger partial charge < -0.3 is 20.1 Å². The Bertz CT molecular complexity index is 815. The van der Waals surface area contributed by atoms with E-state index in [1.165, 1.54) is 0 Å². The van der Waals surface area contributed by atoms with Gasteiger partial charge in [-0.2, -0.15) is 0 Å². The van der Waals surface area contributed by atoms with Gasteiger partial charge in [-0.05, 0) is 26.0 Å². The minimum Gasteiger partial charge on any atom is -0.377 e. The van der Waals surface area contributed by atoms with Crippen molar-refractivity contribution in [3.63, 3.8) is 0 Å². The average Bonchev–Trinajstić information content (AvgIpc) is 2.59. The van der Waals surface area contributed by atoms with Gasteiger partial charge in [0.25, 0.3) is 0 Å². The van der Waals surface area contributed by atoms with Gasteiger partial charge >= 0.3 is 0 Å². The van der Waals surface area contributed by atoms with Crippen LogP contribution in [0.15, 0.2) is 41.3 Å². The molecule has 0 aromatic heterocycles. The maximum Gasteiger partial charge on any atom is 0.199 e. The molecule has 0 heterocycles. The Hall–Kier alpha value is -1.67. The topological polar surface area (TPSA) is 81.9 Å². The summed E-state index contributed by atoms with van der Waals surface area (Å²) in [4.78, 5) is 2.13. The molecule has 2 aromatic rings. The van der Waals surface area contributed by atoms with Gasteiger partial charge in [-0.25, -0.2) is 8.42 Å². The van der Waals surface area contributed by atoms with Crippen molar-refractivity contribution in [1.29, 1.82) is 0 Å². The van der Waals surface area contributed by atoms with E-state index < -0.39 is 21.5 Å². The highest BCUT2D eigenvalue weighted by molar-refractivity contribution is 7.92. The summed E-state index contributed by atoms with van der Waals surface area (Å²) in [6, 6.07) is 10.8. The summed E-state index contributed by atoms with van der Waals surface area (Å²) < 4.78 is 37.0. The molecule has 0 aliphatic carbocycles. The first-order chi connectivity index (χ1) is 11.8. The number of anilines is 1. The van der Waals surface area contributed by atoms with Gasteiger partial charge in [-0.3, -0.25) is 0 Å². The van der Waals surface area contributed by atoms with Gasteiger partial charge in [0.2, 0.25) is 0 Å². The molecule has 0 aliphatic rings. The van der Waals surface area contributed by atoms with Crippen molar-refractivity contribution >= 4 is 26.3 Å². The fraction of sp³-hybridized carbons (Fsp3) is 0.444. The minimum atomic E-state index is -3.84. The first kappa shape index (κ1) is 19.7. The molecule has 138 valence electrons. The van der Waals surface area contributed by atoms with Crippen molar-refractivity contribution in [2.24, 2.45) is 5.73 Å². The fourth-order valence-corrected chi connectivity index (χ4v) is 4.26. The van der Waals surface area contributed by atoms with Crippen LogP contribution in [0, 0.1) is 0 Å². The Balaban J connectivity index is 2.58. The SMILES string of the molecule is CCOC(OCC)C(N)S(=O)(=O)c1cccc2c(N(C)C)cccc12. The molecule has 1 unspecified atom stereocenters. The zero-order chi connectivity index (χ0) is 18.6. The van der Waals surface area contributed by atoms with Crippen LogP contribution in [-0.4, -0.2) is 47.4 Å². The summed E-state index contributed by atoms with van der Waals surface area (Å²) >= 11 is 0. The standard InChI is InChI=1S/C18H26N2O4S/c1-5-23-18(24-6-2)17(19)25(21,22)16-12-8-9-13-14(16)10-7-11-15(13)20(3)4/h7-12,17-18H,5-6,19H2,1-4H3. The van der Waals surface area contributed by atoms with Gasteiger partial charge in [-0.1, -0.05) is 24.3 Å². The molecule has 0 bridgehead atoms. The van der Waals surface area contributed by atoms with E-state index in [1.807, 2.05) is 37.2 Å². The minimum absolute atomic E-state index is 0.186. The zero-order valence-corrected chi connectivity index (χ0v) is 15.9. The van der Waals surface area contributed by atoms with Crippen LogP contribution in [0.1, 0.15) is 13.8 Å². The van der Waals surface area contributed by atoms with Crippen LogP contribution in [0.3, 0.4) is 0 Å². The van der Waals surface area contributed by atoms with Crippen molar-refractivity contribution in [2.75, 3.05) is 32.2 Å². The van der Waals surface area contributed by atoms with Crippen molar-refractivity contribution in [1.82, 2.24) is 0 Å². The highest BCUT2D eigenvalue weighted by Crippen LogP contribution is 2.31. The number of fused-ring (bicyclic) bond motifs is 1. The maximum absolute atomic E-state index is 13.1. The third-order valence-corrected chi connectivity index (χ3v) is 5.84. The molecular weight excluding hydrogens is 340 g/mol. The molecular formula is C18H26N2O4S. The first-order valence-electron chi connectivity index (χ1n) is 8.26. The second-order valence-corrected chi connectivity index (χ2v) is 7.89. The molecule has 7 heteroatoms. The summed E-state index contributed by atoms with van der Waals surface area (Å²) in [6.07, 6.45) is -1.01. The largest absolute Gasteiger partial charge is 0.377 e. The Morgan fingerprint density at radius 1 is 1.00 bits per heavy atom. The predicted molar refractivity (Wildman–Crippen MR) is 100 cm³/mol. The van der Waals surface area contributed by atoms with Gasteiger partial charge in [-0.15, -0.1) is 0 Å². The van der Waals surface area contributed by atoms with Crippen molar-refractivity contribution in [3.8, 4) is 0 Å². The van der Waals surface area contributed by atoms with E-state index in [2.05, 4.69) is 0 Å². The highest BCUT2D eigenvalue weighted by atomic mass is 32.2. The van der Waals surface area contributed by atoms with Crippen LogP contribution in [0.5, 0.6) is 0 Å². The lowest BCUT2D eigenvalue weighted by Gasteiger charge is -2.24. The normalized spacial score (nSPS) is 13.4. The molecule has 2 N–H and O–H groups in total. The Morgan fingerprint density at radius 2 is 1.56 bits per heavy atom. The molecule has 0 fully saturated rings. The Morgan fingerprint density at radius 3 is 2.12 bits per heavy atom. The fourth-order valence-electron chi connectivity index (χ4n) is 2.76. The van der Waals surface area contributed by atoms with Crippen LogP contribution < -0.4 is 10.6 Å². The molecule has 0 radical (unpaired) electrons. The molecule has 2 rings (SSSR count). The van der Waals surface area contributed by atoms with E-state index in [9.17, 15) is 8.42 Å². The highest BCUT2D eigenvalue weighted by Gasteiger charge is 2.34. The van der Waals surface area contributed by atoms with E-state index >= 15 is 0 Å². The number of sulfone groups is 1. The van der Waals surface area contributed by atoms with E-state index in [0.29, 0.717) is 18.6 Å². The zero-order valence-electron chi connectivity index (χ0n) is 15.1. The van der Waals surface area contributed by atoms with Crippen LogP contribution in [0.4, 0.5) is 5.69 Å². The summed E-state index contributed by atoms with van der Waals surface area (Å²) in [7, 11) is -0.00530. The third kappa shape index (κ3) is 3.95. The number of hydrogen-bond donors (Lipinski definition) is 1. The average molecular weight is 366 g/mol. The Labute approximate surface area is 149 Å². The maximum atomic E-state index is 13.1. The molecule has 6 nitrogen and oxygen atoms in total. The molecule has 0 saturated heterocycles. The number of hydrogen-bond acceptors (Lipinski definition) is 6. The molecule has 0 aliphatic heterocycles. The summed E-state index contributed by atoms with van der Waals surface area (Å²) in [5, 5.41) is 0.182. The number of nitrogens with two attached hydrogens (primary N) is 1. The summed E-state index contributed by atoms with van der Waals surface area (Å²) in [5.74, 6) is 0. The van der Waals surface area contributed by atoms with Crippen molar-refractivity contribution in [2.45, 2.75) is 30.4 Å². The van der Waals surface area contributed by atoms with Gasteiger partial charge in [0.1, 0.15) is 0 Å². The molecule has 0 amide bonds. The molecule has 2 aromatic carbocycles. The van der Waals surface area contributed by atoms with Gasteiger partial charge in [0.15, 0.2) is 21.5 Å². The lowest BCUT2D eigenvalue weighted by Crippen LogP contribution is -2.45. The Kier molecular flexibility index (Phi) is 6.40. The number of benzene rings is 2. The summed E-state index contributed by atoms with van der Waals surface area (Å²) in [5.41, 5.74) is 6.98. The van der Waals surface area contributed by atoms with Crippen molar-refractivity contribution in [3.05, 3.63) is 36.4 Å². The van der Waals surface area contributed by atoms with Crippen LogP contribution >= 0.6 is 0 Å². The number of nitrogens with zero attached hydrogens (tertiary/aromatic N) is 1. The lowest BCUT2D eigenvalue weighted by atomic mass is 10.1. The molecule has 1 atom stereocenters. The second kappa shape index (κ2) is 8.14. The number of rotatable bonds is 8. The number of ether oxygens (including phenoxy) is 2. The third-order valence-electron chi connectivity index (χ3n) is 3.94. The van der Waals surface area contributed by atoms with Crippen molar-refractivity contribution < 1.29 is 17.9 Å². The first-order valence-corrected chi connectivity index (χ1v) is 9.81. The van der Waals surface area contributed by atoms with E-state index in [1.54, 1.807) is 32.0 Å². The molecule has 0 spiro atoms. The van der Waals surface area contributed by atoms with Crippen LogP contribution in [-0.2, 0) is 19.3 Å². The van der Waals surface area contributed by atoms with Gasteiger partial charge in [0.05, 0.1) is 4.90 Å². The van der Waals surface area contributed by atoms with E-state index in [4.69, 9.17) is 15.2 Å².